The number of unbranched alkanes of at least 4 members (excludes halogenated alkanes) is 9. The summed E-state index contributed by atoms with van der Waals surface area (Å²) in [5.74, 6) is -1.13. The number of allylic oxidation sites excluding steroid dienone is 1. The van der Waals surface area contributed by atoms with Crippen LogP contribution in [0, 0.1) is 17.8 Å². The maximum Gasteiger partial charge on any atom is 0.472 e. The van der Waals surface area contributed by atoms with Crippen molar-refractivity contribution in [3.05, 3.63) is 24.3 Å². The largest absolute Gasteiger partial charge is 0.472 e. The number of phosphoric ester groups is 1. The fourth-order valence-electron chi connectivity index (χ4n) is 6.03. The smallest absolute Gasteiger partial charge is 0.461 e. The topological polar surface area (TPSA) is 210 Å². The van der Waals surface area contributed by atoms with Gasteiger partial charge in [-0.15, -0.1) is 0 Å². The fourth-order valence-corrected chi connectivity index (χ4v) is 6.82. The summed E-state index contributed by atoms with van der Waals surface area (Å²) >= 11 is 0. The average molecular weight is 765 g/mol. The van der Waals surface area contributed by atoms with Crippen molar-refractivity contribution in [2.24, 2.45) is 17.8 Å². The lowest BCUT2D eigenvalue weighted by Crippen LogP contribution is -2.29. The van der Waals surface area contributed by atoms with Gasteiger partial charge in [0.2, 0.25) is 0 Å². The van der Waals surface area contributed by atoms with E-state index in [1.165, 1.54) is 25.7 Å². The van der Waals surface area contributed by atoms with Crippen LogP contribution in [-0.2, 0) is 32.7 Å². The van der Waals surface area contributed by atoms with Crippen LogP contribution in [0.25, 0.3) is 0 Å². The molecular formula is C38H69O13P. The highest BCUT2D eigenvalue weighted by molar-refractivity contribution is 7.47. The Hall–Kier alpha value is -1.67. The van der Waals surface area contributed by atoms with Gasteiger partial charge in [-0.05, 0) is 31.1 Å². The van der Waals surface area contributed by atoms with Crippen molar-refractivity contribution in [2.75, 3.05) is 26.4 Å². The lowest BCUT2D eigenvalue weighted by atomic mass is 9.89. The van der Waals surface area contributed by atoms with Crippen LogP contribution >= 0.6 is 7.82 Å². The Morgan fingerprint density at radius 3 is 2.12 bits per heavy atom. The number of hydrogen-bond donors (Lipinski definition) is 6. The molecular weight excluding hydrogens is 695 g/mol. The summed E-state index contributed by atoms with van der Waals surface area (Å²) in [4.78, 5) is 35.1. The lowest BCUT2D eigenvalue weighted by molar-refractivity contribution is -0.160. The van der Waals surface area contributed by atoms with Gasteiger partial charge in [0.25, 0.3) is 0 Å². The van der Waals surface area contributed by atoms with E-state index in [0.29, 0.717) is 19.3 Å². The summed E-state index contributed by atoms with van der Waals surface area (Å²) in [5, 5.41) is 49.5. The number of hydrogen-bond acceptors (Lipinski definition) is 12. The number of phosphoric acid groups is 1. The summed E-state index contributed by atoms with van der Waals surface area (Å²) in [6, 6.07) is 0. The van der Waals surface area contributed by atoms with Gasteiger partial charge < -0.3 is 39.9 Å². The number of carbonyl (C=O) groups is 2. The van der Waals surface area contributed by atoms with Crippen molar-refractivity contribution in [3.63, 3.8) is 0 Å². The van der Waals surface area contributed by atoms with E-state index in [1.807, 2.05) is 0 Å². The summed E-state index contributed by atoms with van der Waals surface area (Å²) < 4.78 is 32.5. The monoisotopic (exact) mass is 764 g/mol. The molecule has 0 spiro atoms. The Bertz CT molecular complexity index is 1050. The zero-order valence-corrected chi connectivity index (χ0v) is 32.7. The molecule has 1 aliphatic carbocycles. The van der Waals surface area contributed by atoms with Gasteiger partial charge in [-0.1, -0.05) is 116 Å². The van der Waals surface area contributed by atoms with E-state index in [-0.39, 0.29) is 31.1 Å². The molecule has 1 aliphatic rings. The SMILES string of the molecule is CCCCC[C@@H](O)/C=C/[C@@H]1[C@H](C/C=C\CC(=O)OC[C@H](COP(=O)(O)OC[C@@H](O)CO)OC(=O)CCCCCCCCCCC(C)C)[C@@H](O)C[C@H]1O. The van der Waals surface area contributed by atoms with E-state index in [9.17, 15) is 39.5 Å². The molecule has 0 saturated heterocycles. The van der Waals surface area contributed by atoms with Crippen LogP contribution < -0.4 is 0 Å². The molecule has 0 aromatic rings. The number of carbonyl (C=O) groups excluding carboxylic acids is 2. The first kappa shape index (κ1) is 48.3. The van der Waals surface area contributed by atoms with Gasteiger partial charge in [0, 0.05) is 18.8 Å². The van der Waals surface area contributed by atoms with Gasteiger partial charge in [-0.3, -0.25) is 18.6 Å². The number of esters is 2. The minimum absolute atomic E-state index is 0.118. The zero-order chi connectivity index (χ0) is 38.8. The Morgan fingerprint density at radius 2 is 1.46 bits per heavy atom. The van der Waals surface area contributed by atoms with Crippen molar-refractivity contribution >= 4 is 19.8 Å². The van der Waals surface area contributed by atoms with Crippen molar-refractivity contribution in [2.45, 2.75) is 160 Å². The molecule has 0 radical (unpaired) electrons. The minimum atomic E-state index is -4.69. The Balaban J connectivity index is 2.60. The molecule has 1 rings (SSSR count). The predicted molar refractivity (Wildman–Crippen MR) is 198 cm³/mol. The normalized spacial score (nSPS) is 22.2. The first-order chi connectivity index (χ1) is 24.8. The van der Waals surface area contributed by atoms with Crippen LogP contribution in [0.15, 0.2) is 24.3 Å². The Labute approximate surface area is 311 Å². The van der Waals surface area contributed by atoms with Gasteiger partial charge in [-0.25, -0.2) is 4.57 Å². The first-order valence-corrected chi connectivity index (χ1v) is 20.9. The van der Waals surface area contributed by atoms with E-state index in [4.69, 9.17) is 19.1 Å². The van der Waals surface area contributed by atoms with Crippen LogP contribution in [0.2, 0.25) is 0 Å². The van der Waals surface area contributed by atoms with Crippen LogP contribution in [0.5, 0.6) is 0 Å². The van der Waals surface area contributed by atoms with E-state index in [0.717, 1.165) is 50.9 Å². The molecule has 0 aliphatic heterocycles. The molecule has 0 aromatic heterocycles. The van der Waals surface area contributed by atoms with Gasteiger partial charge in [0.05, 0.1) is 44.6 Å². The summed E-state index contributed by atoms with van der Waals surface area (Å²) in [6.45, 7) is 4.13. The molecule has 304 valence electrons. The van der Waals surface area contributed by atoms with Crippen LogP contribution in [0.3, 0.4) is 0 Å². The minimum Gasteiger partial charge on any atom is -0.461 e. The number of ether oxygens (including phenoxy) is 2. The van der Waals surface area contributed by atoms with Gasteiger partial charge in [-0.2, -0.15) is 0 Å². The second-order valence-electron chi connectivity index (χ2n) is 14.4. The van der Waals surface area contributed by atoms with Crippen molar-refractivity contribution in [1.29, 1.82) is 0 Å². The fraction of sp³-hybridized carbons (Fsp3) is 0.842. The summed E-state index contributed by atoms with van der Waals surface area (Å²) in [6.07, 6.45) is 15.9. The zero-order valence-electron chi connectivity index (χ0n) is 31.8. The number of rotatable bonds is 31. The van der Waals surface area contributed by atoms with E-state index in [1.54, 1.807) is 24.3 Å². The summed E-state index contributed by atoms with van der Waals surface area (Å²) in [7, 11) is -4.69. The van der Waals surface area contributed by atoms with Crippen molar-refractivity contribution in [3.8, 4) is 0 Å². The molecule has 52 heavy (non-hydrogen) atoms. The lowest BCUT2D eigenvalue weighted by Gasteiger charge is -2.20. The second kappa shape index (κ2) is 28.7. The Morgan fingerprint density at radius 1 is 0.827 bits per heavy atom. The van der Waals surface area contributed by atoms with E-state index < -0.39 is 76.7 Å². The molecule has 0 amide bonds. The molecule has 6 N–H and O–H groups in total. The first-order valence-electron chi connectivity index (χ1n) is 19.4. The summed E-state index contributed by atoms with van der Waals surface area (Å²) in [5.41, 5.74) is 0. The molecule has 0 bridgehead atoms. The molecule has 8 atom stereocenters. The van der Waals surface area contributed by atoms with Crippen LogP contribution in [0.1, 0.15) is 130 Å². The van der Waals surface area contributed by atoms with Crippen molar-refractivity contribution < 1.29 is 63.1 Å². The van der Waals surface area contributed by atoms with Crippen molar-refractivity contribution in [1.82, 2.24) is 0 Å². The second-order valence-corrected chi connectivity index (χ2v) is 15.9. The predicted octanol–water partition coefficient (Wildman–Crippen LogP) is 5.68. The third-order valence-corrected chi connectivity index (χ3v) is 10.1. The highest BCUT2D eigenvalue weighted by atomic mass is 31.2. The molecule has 1 fully saturated rings. The van der Waals surface area contributed by atoms with Crippen LogP contribution in [-0.4, -0.2) is 99.3 Å². The molecule has 14 heteroatoms. The molecule has 0 aromatic carbocycles. The number of aliphatic hydroxyl groups excluding tert-OH is 5. The average Bonchev–Trinajstić information content (AvgIpc) is 3.37. The molecule has 0 heterocycles. The van der Waals surface area contributed by atoms with E-state index >= 15 is 0 Å². The highest BCUT2D eigenvalue weighted by Gasteiger charge is 2.39. The quantitative estimate of drug-likeness (QED) is 0.0218. The Kier molecular flexibility index (Phi) is 26.7. The van der Waals surface area contributed by atoms with Crippen LogP contribution in [0.4, 0.5) is 0 Å². The van der Waals surface area contributed by atoms with Gasteiger partial charge in [0.1, 0.15) is 12.7 Å². The molecule has 1 unspecified atom stereocenters. The maximum absolute atomic E-state index is 12.6. The maximum atomic E-state index is 12.6. The molecule has 1 saturated carbocycles. The molecule has 13 nitrogen and oxygen atoms in total. The number of aliphatic hydroxyl groups is 5. The van der Waals surface area contributed by atoms with Gasteiger partial charge in [0.15, 0.2) is 6.10 Å². The van der Waals surface area contributed by atoms with E-state index in [2.05, 4.69) is 25.3 Å². The highest BCUT2D eigenvalue weighted by Crippen LogP contribution is 2.43. The third-order valence-electron chi connectivity index (χ3n) is 9.14. The third kappa shape index (κ3) is 23.9. The van der Waals surface area contributed by atoms with Gasteiger partial charge >= 0.3 is 19.8 Å². The standard InChI is InChI=1S/C38H69O13P/c1-4-5-12-18-30(40)22-23-34-33(35(42)24-36(34)43)19-15-16-20-37(44)48-27-32(28-50-52(46,47)49-26-31(41)25-39)51-38(45)21-14-11-9-7-6-8-10-13-17-29(2)3/h15-16,22-23,29-36,39-43H,4-14,17-21,24-28H2,1-3H3,(H,46,47)/b16-15-,23-22+/t30-,31+,32-,33+,34-,35+,36-/m1/s1.